The van der Waals surface area contributed by atoms with Gasteiger partial charge in [0.15, 0.2) is 0 Å². The van der Waals surface area contributed by atoms with Gasteiger partial charge in [0, 0.05) is 30.3 Å². The first-order chi connectivity index (χ1) is 13.7. The fraction of sp³-hybridized carbons (Fsp3) is 0.217. The molecule has 3 aromatic rings. The molecule has 0 aromatic heterocycles. The van der Waals surface area contributed by atoms with E-state index < -0.39 is 0 Å². The molecule has 0 heterocycles. The molecule has 1 aliphatic rings. The minimum absolute atomic E-state index is 0.0283. The molecule has 5 nitrogen and oxygen atoms in total. The van der Waals surface area contributed by atoms with Crippen LogP contribution in [-0.2, 0) is 6.42 Å². The van der Waals surface area contributed by atoms with Crippen molar-refractivity contribution in [2.75, 3.05) is 11.9 Å². The zero-order valence-electron chi connectivity index (χ0n) is 15.4. The maximum Gasteiger partial charge on any atom is 0.269 e. The van der Waals surface area contributed by atoms with Crippen molar-refractivity contribution in [2.45, 2.75) is 18.4 Å². The summed E-state index contributed by atoms with van der Waals surface area (Å²) < 4.78 is 0. The third-order valence-electron chi connectivity index (χ3n) is 5.61. The molecule has 28 heavy (non-hydrogen) atoms. The Kier molecular flexibility index (Phi) is 5.08. The van der Waals surface area contributed by atoms with Crippen molar-refractivity contribution in [1.82, 2.24) is 0 Å². The lowest BCUT2D eigenvalue weighted by Gasteiger charge is -2.40. The molecule has 142 valence electrons. The van der Waals surface area contributed by atoms with Gasteiger partial charge in [0.05, 0.1) is 11.0 Å². The number of hydrogen-bond donors (Lipinski definition) is 2. The van der Waals surface area contributed by atoms with Crippen molar-refractivity contribution in [3.05, 3.63) is 106 Å². The van der Waals surface area contributed by atoms with E-state index in [2.05, 4.69) is 17.4 Å². The lowest BCUT2D eigenvalue weighted by molar-refractivity contribution is -0.384. The van der Waals surface area contributed by atoms with Crippen LogP contribution in [0.2, 0.25) is 0 Å². The normalized spacial score (nSPS) is 21.0. The Labute approximate surface area is 163 Å². The van der Waals surface area contributed by atoms with Gasteiger partial charge >= 0.3 is 0 Å². The number of fused-ring (bicyclic) bond motifs is 1. The summed E-state index contributed by atoms with van der Waals surface area (Å²) in [4.78, 5) is 10.6. The summed E-state index contributed by atoms with van der Waals surface area (Å²) in [5, 5.41) is 24.9. The summed E-state index contributed by atoms with van der Waals surface area (Å²) in [6, 6.07) is 25.0. The molecular weight excluding hydrogens is 352 g/mol. The topological polar surface area (TPSA) is 75.4 Å². The van der Waals surface area contributed by atoms with E-state index in [1.165, 1.54) is 11.1 Å². The number of non-ortho nitro benzene ring substituents is 1. The van der Waals surface area contributed by atoms with Gasteiger partial charge in [-0.3, -0.25) is 10.1 Å². The molecule has 0 spiro atoms. The maximum absolute atomic E-state index is 11.0. The highest BCUT2D eigenvalue weighted by Crippen LogP contribution is 2.44. The van der Waals surface area contributed by atoms with E-state index in [0.717, 1.165) is 17.7 Å². The van der Waals surface area contributed by atoms with Crippen LogP contribution in [-0.4, -0.2) is 16.6 Å². The van der Waals surface area contributed by atoms with Gasteiger partial charge in [-0.2, -0.15) is 0 Å². The van der Waals surface area contributed by atoms with Crippen LogP contribution < -0.4 is 5.32 Å². The summed E-state index contributed by atoms with van der Waals surface area (Å²) in [6.45, 7) is 0.0283. The van der Waals surface area contributed by atoms with E-state index in [0.29, 0.717) is 0 Å². The highest BCUT2D eigenvalue weighted by molar-refractivity contribution is 5.49. The number of nitrogens with one attached hydrogen (secondary N) is 1. The van der Waals surface area contributed by atoms with Gasteiger partial charge in [-0.25, -0.2) is 0 Å². The fourth-order valence-corrected chi connectivity index (χ4v) is 4.21. The van der Waals surface area contributed by atoms with Crippen LogP contribution in [0.15, 0.2) is 78.9 Å². The van der Waals surface area contributed by atoms with Crippen LogP contribution in [0.1, 0.15) is 28.7 Å². The Morgan fingerprint density at radius 1 is 0.964 bits per heavy atom. The molecule has 3 aromatic carbocycles. The number of anilines is 1. The highest BCUT2D eigenvalue weighted by atomic mass is 16.6. The smallest absolute Gasteiger partial charge is 0.269 e. The molecule has 4 rings (SSSR count). The number of hydrogen-bond acceptors (Lipinski definition) is 4. The Hall–Kier alpha value is -3.18. The Morgan fingerprint density at radius 2 is 1.64 bits per heavy atom. The minimum Gasteiger partial charge on any atom is -0.396 e. The van der Waals surface area contributed by atoms with E-state index in [1.807, 2.05) is 54.6 Å². The summed E-state index contributed by atoms with van der Waals surface area (Å²) in [6.07, 6.45) is 0.798. The van der Waals surface area contributed by atoms with E-state index in [-0.39, 0.29) is 35.1 Å². The van der Waals surface area contributed by atoms with Crippen molar-refractivity contribution >= 4 is 11.4 Å². The predicted molar refractivity (Wildman–Crippen MR) is 109 cm³/mol. The van der Waals surface area contributed by atoms with Crippen LogP contribution in [0.3, 0.4) is 0 Å². The van der Waals surface area contributed by atoms with Gasteiger partial charge in [0.1, 0.15) is 0 Å². The van der Waals surface area contributed by atoms with Crippen LogP contribution in [0.4, 0.5) is 11.4 Å². The molecule has 0 saturated carbocycles. The van der Waals surface area contributed by atoms with Crippen molar-refractivity contribution < 1.29 is 10.0 Å². The van der Waals surface area contributed by atoms with Gasteiger partial charge in [-0.05, 0) is 41.2 Å². The quantitative estimate of drug-likeness (QED) is 0.501. The van der Waals surface area contributed by atoms with Gasteiger partial charge in [0.25, 0.3) is 5.69 Å². The number of para-hydroxylation sites is 1. The summed E-state index contributed by atoms with van der Waals surface area (Å²) in [5.74, 6) is 0.0264. The van der Waals surface area contributed by atoms with Crippen molar-refractivity contribution in [3.63, 3.8) is 0 Å². The highest BCUT2D eigenvalue weighted by Gasteiger charge is 2.37. The maximum atomic E-state index is 11.0. The SMILES string of the molecule is O=[N+]([O-])c1ccc([C@@H]2Cc3ccccc3[C@@H](Nc3ccccc3)[C@H]2CO)cc1. The monoisotopic (exact) mass is 374 g/mol. The number of nitro groups is 1. The number of benzene rings is 3. The fourth-order valence-electron chi connectivity index (χ4n) is 4.21. The van der Waals surface area contributed by atoms with Crippen LogP contribution in [0.25, 0.3) is 0 Å². The van der Waals surface area contributed by atoms with E-state index in [1.54, 1.807) is 12.1 Å². The Balaban J connectivity index is 1.73. The first-order valence-electron chi connectivity index (χ1n) is 9.42. The molecule has 0 saturated heterocycles. The van der Waals surface area contributed by atoms with E-state index >= 15 is 0 Å². The number of nitrogens with zero attached hydrogens (tertiary/aromatic N) is 1. The van der Waals surface area contributed by atoms with Crippen molar-refractivity contribution in [1.29, 1.82) is 0 Å². The first kappa shape index (κ1) is 18.2. The minimum atomic E-state index is -0.386. The molecular formula is C23H22N2O3. The number of nitro benzene ring substituents is 1. The lowest BCUT2D eigenvalue weighted by atomic mass is 9.70. The number of aliphatic hydroxyl groups excluding tert-OH is 1. The van der Waals surface area contributed by atoms with E-state index in [4.69, 9.17) is 0 Å². The standard InChI is InChI=1S/C23H22N2O3/c26-15-22-21(16-10-12-19(13-11-16)25(27)28)14-17-6-4-5-9-20(17)23(22)24-18-7-2-1-3-8-18/h1-13,21-24,26H,14-15H2/t21-,22-,23+/m0/s1. The number of aliphatic hydroxyl groups is 1. The van der Waals surface area contributed by atoms with Gasteiger partial charge in [-0.1, -0.05) is 54.6 Å². The van der Waals surface area contributed by atoms with Gasteiger partial charge in [0.2, 0.25) is 0 Å². The lowest BCUT2D eigenvalue weighted by Crippen LogP contribution is -2.35. The molecule has 0 radical (unpaired) electrons. The molecule has 0 unspecified atom stereocenters. The summed E-state index contributed by atoms with van der Waals surface area (Å²) in [7, 11) is 0. The molecule has 0 aliphatic heterocycles. The molecule has 0 fully saturated rings. The molecule has 5 heteroatoms. The summed E-state index contributed by atoms with van der Waals surface area (Å²) in [5.41, 5.74) is 4.54. The van der Waals surface area contributed by atoms with Gasteiger partial charge < -0.3 is 10.4 Å². The zero-order valence-corrected chi connectivity index (χ0v) is 15.4. The number of rotatable bonds is 5. The van der Waals surface area contributed by atoms with E-state index in [9.17, 15) is 15.2 Å². The Bertz CT molecular complexity index is 957. The van der Waals surface area contributed by atoms with Crippen LogP contribution in [0.5, 0.6) is 0 Å². The third kappa shape index (κ3) is 3.49. The zero-order chi connectivity index (χ0) is 19.5. The first-order valence-corrected chi connectivity index (χ1v) is 9.42. The largest absolute Gasteiger partial charge is 0.396 e. The second kappa shape index (κ2) is 7.82. The molecule has 2 N–H and O–H groups in total. The second-order valence-corrected chi connectivity index (χ2v) is 7.19. The molecule has 1 aliphatic carbocycles. The molecule has 0 amide bonds. The van der Waals surface area contributed by atoms with Crippen LogP contribution in [0, 0.1) is 16.0 Å². The molecule has 3 atom stereocenters. The average molecular weight is 374 g/mol. The Morgan fingerprint density at radius 3 is 2.32 bits per heavy atom. The molecule has 0 bridgehead atoms. The van der Waals surface area contributed by atoms with Crippen molar-refractivity contribution in [2.24, 2.45) is 5.92 Å². The third-order valence-corrected chi connectivity index (χ3v) is 5.61. The summed E-state index contributed by atoms with van der Waals surface area (Å²) >= 11 is 0. The van der Waals surface area contributed by atoms with Gasteiger partial charge in [-0.15, -0.1) is 0 Å². The van der Waals surface area contributed by atoms with Crippen molar-refractivity contribution in [3.8, 4) is 0 Å². The predicted octanol–water partition coefficient (Wildman–Crippen LogP) is 4.70. The second-order valence-electron chi connectivity index (χ2n) is 7.19. The van der Waals surface area contributed by atoms with Crippen LogP contribution >= 0.6 is 0 Å². The average Bonchev–Trinajstić information content (AvgIpc) is 2.74.